The van der Waals surface area contributed by atoms with E-state index in [0.29, 0.717) is 11.5 Å². The second kappa shape index (κ2) is 2.76. The summed E-state index contributed by atoms with van der Waals surface area (Å²) < 4.78 is 10.7. The molecule has 11 heavy (non-hydrogen) atoms. The Kier molecular flexibility index (Phi) is 1.90. The van der Waals surface area contributed by atoms with Crippen molar-refractivity contribution in [2.45, 2.75) is 31.8 Å². The smallest absolute Gasteiger partial charge is 0.0814 e. The van der Waals surface area contributed by atoms with Gasteiger partial charge in [-0.15, -0.1) is 0 Å². The molecule has 2 aliphatic rings. The quantitative estimate of drug-likeness (QED) is 0.604. The number of ether oxygens (including phenoxy) is 2. The first-order chi connectivity index (χ1) is 5.35. The molecule has 1 heterocycles. The summed E-state index contributed by atoms with van der Waals surface area (Å²) in [5.74, 6) is 0. The standard InChI is InChI=1S/C9H16O2/c1-10-6-8-5-9(7-11-8)3-2-4-9/h8H,2-7H2,1H3. The van der Waals surface area contributed by atoms with Gasteiger partial charge in [-0.05, 0) is 24.7 Å². The molecule has 0 aromatic rings. The van der Waals surface area contributed by atoms with Gasteiger partial charge in [0.15, 0.2) is 0 Å². The van der Waals surface area contributed by atoms with Gasteiger partial charge in [0.1, 0.15) is 0 Å². The van der Waals surface area contributed by atoms with Crippen LogP contribution in [0.1, 0.15) is 25.7 Å². The van der Waals surface area contributed by atoms with Crippen LogP contribution in [-0.2, 0) is 9.47 Å². The zero-order valence-corrected chi connectivity index (χ0v) is 7.14. The molecule has 2 heteroatoms. The average molecular weight is 156 g/mol. The SMILES string of the molecule is COCC1CC2(CCC2)CO1. The lowest BCUT2D eigenvalue weighted by Gasteiger charge is -2.36. The number of methoxy groups -OCH3 is 1. The van der Waals surface area contributed by atoms with Crippen LogP contribution in [0.5, 0.6) is 0 Å². The van der Waals surface area contributed by atoms with Crippen molar-refractivity contribution in [3.8, 4) is 0 Å². The fourth-order valence-corrected chi connectivity index (χ4v) is 2.21. The summed E-state index contributed by atoms with van der Waals surface area (Å²) in [5.41, 5.74) is 0.587. The van der Waals surface area contributed by atoms with Crippen molar-refractivity contribution in [2.75, 3.05) is 20.3 Å². The third kappa shape index (κ3) is 1.30. The van der Waals surface area contributed by atoms with Crippen molar-refractivity contribution < 1.29 is 9.47 Å². The Balaban J connectivity index is 1.83. The van der Waals surface area contributed by atoms with Gasteiger partial charge < -0.3 is 9.47 Å². The molecule has 0 aromatic carbocycles. The third-order valence-electron chi connectivity index (χ3n) is 3.05. The maximum atomic E-state index is 5.63. The topological polar surface area (TPSA) is 18.5 Å². The molecule has 2 rings (SSSR count). The summed E-state index contributed by atoms with van der Waals surface area (Å²) in [7, 11) is 1.75. The molecule has 1 saturated heterocycles. The molecule has 0 radical (unpaired) electrons. The minimum absolute atomic E-state index is 0.389. The molecular formula is C9H16O2. The maximum Gasteiger partial charge on any atom is 0.0814 e. The molecule has 0 amide bonds. The first-order valence-electron chi connectivity index (χ1n) is 4.45. The zero-order chi connectivity index (χ0) is 7.73. The first-order valence-corrected chi connectivity index (χ1v) is 4.45. The summed E-state index contributed by atoms with van der Waals surface area (Å²) >= 11 is 0. The van der Waals surface area contributed by atoms with E-state index in [9.17, 15) is 0 Å². The summed E-state index contributed by atoms with van der Waals surface area (Å²) in [6, 6.07) is 0. The van der Waals surface area contributed by atoms with Crippen molar-refractivity contribution in [1.82, 2.24) is 0 Å². The normalized spacial score (nSPS) is 34.1. The molecule has 0 N–H and O–H groups in total. The first kappa shape index (κ1) is 7.56. The van der Waals surface area contributed by atoms with Gasteiger partial charge in [0.05, 0.1) is 19.3 Å². The van der Waals surface area contributed by atoms with E-state index in [0.717, 1.165) is 13.2 Å². The Hall–Kier alpha value is -0.0800. The Morgan fingerprint density at radius 3 is 2.82 bits per heavy atom. The van der Waals surface area contributed by atoms with E-state index < -0.39 is 0 Å². The van der Waals surface area contributed by atoms with Gasteiger partial charge in [-0.3, -0.25) is 0 Å². The van der Waals surface area contributed by atoms with Crippen LogP contribution >= 0.6 is 0 Å². The highest BCUT2D eigenvalue weighted by atomic mass is 16.5. The molecular weight excluding hydrogens is 140 g/mol. The van der Waals surface area contributed by atoms with Crippen LogP contribution in [0.3, 0.4) is 0 Å². The summed E-state index contributed by atoms with van der Waals surface area (Å²) in [4.78, 5) is 0. The van der Waals surface area contributed by atoms with Gasteiger partial charge in [0, 0.05) is 7.11 Å². The monoisotopic (exact) mass is 156 g/mol. The van der Waals surface area contributed by atoms with Gasteiger partial charge in [0.2, 0.25) is 0 Å². The van der Waals surface area contributed by atoms with Crippen LogP contribution in [0.2, 0.25) is 0 Å². The van der Waals surface area contributed by atoms with Crippen LogP contribution in [-0.4, -0.2) is 26.4 Å². The fourth-order valence-electron chi connectivity index (χ4n) is 2.21. The molecule has 1 atom stereocenters. The number of hydrogen-bond acceptors (Lipinski definition) is 2. The molecule has 1 aliphatic carbocycles. The predicted octanol–water partition coefficient (Wildman–Crippen LogP) is 1.59. The fraction of sp³-hybridized carbons (Fsp3) is 1.00. The number of rotatable bonds is 2. The number of hydrogen-bond donors (Lipinski definition) is 0. The highest BCUT2D eigenvalue weighted by Crippen LogP contribution is 2.49. The van der Waals surface area contributed by atoms with Crippen molar-refractivity contribution in [3.63, 3.8) is 0 Å². The summed E-state index contributed by atoms with van der Waals surface area (Å²) in [6.07, 6.45) is 5.80. The molecule has 0 aromatic heterocycles. The molecule has 1 saturated carbocycles. The Bertz CT molecular complexity index is 140. The molecule has 64 valence electrons. The largest absolute Gasteiger partial charge is 0.382 e. The minimum Gasteiger partial charge on any atom is -0.382 e. The maximum absolute atomic E-state index is 5.63. The second-order valence-corrected chi connectivity index (χ2v) is 3.95. The summed E-state index contributed by atoms with van der Waals surface area (Å²) in [6.45, 7) is 1.77. The van der Waals surface area contributed by atoms with Crippen molar-refractivity contribution in [1.29, 1.82) is 0 Å². The van der Waals surface area contributed by atoms with E-state index in [4.69, 9.17) is 9.47 Å². The molecule has 0 bridgehead atoms. The van der Waals surface area contributed by atoms with Gasteiger partial charge in [-0.25, -0.2) is 0 Å². The Morgan fingerprint density at radius 2 is 2.36 bits per heavy atom. The van der Waals surface area contributed by atoms with E-state index >= 15 is 0 Å². The van der Waals surface area contributed by atoms with Crippen LogP contribution < -0.4 is 0 Å². The van der Waals surface area contributed by atoms with Crippen molar-refractivity contribution in [3.05, 3.63) is 0 Å². The third-order valence-corrected chi connectivity index (χ3v) is 3.05. The minimum atomic E-state index is 0.389. The lowest BCUT2D eigenvalue weighted by molar-refractivity contribution is 0.0284. The predicted molar refractivity (Wildman–Crippen MR) is 42.5 cm³/mol. The van der Waals surface area contributed by atoms with Gasteiger partial charge in [-0.2, -0.15) is 0 Å². The lowest BCUT2D eigenvalue weighted by Crippen LogP contribution is -2.29. The van der Waals surface area contributed by atoms with E-state index in [1.54, 1.807) is 7.11 Å². The summed E-state index contributed by atoms with van der Waals surface area (Å²) in [5, 5.41) is 0. The zero-order valence-electron chi connectivity index (χ0n) is 7.14. The van der Waals surface area contributed by atoms with E-state index in [1.165, 1.54) is 25.7 Å². The highest BCUT2D eigenvalue weighted by molar-refractivity contribution is 4.93. The Labute approximate surface area is 67.9 Å². The van der Waals surface area contributed by atoms with Gasteiger partial charge in [-0.1, -0.05) is 6.42 Å². The van der Waals surface area contributed by atoms with Crippen LogP contribution in [0.4, 0.5) is 0 Å². The van der Waals surface area contributed by atoms with Crippen LogP contribution in [0, 0.1) is 5.41 Å². The molecule has 2 fully saturated rings. The van der Waals surface area contributed by atoms with Gasteiger partial charge in [0.25, 0.3) is 0 Å². The Morgan fingerprint density at radius 1 is 1.55 bits per heavy atom. The average Bonchev–Trinajstić information content (AvgIpc) is 2.32. The highest BCUT2D eigenvalue weighted by Gasteiger charge is 2.44. The lowest BCUT2D eigenvalue weighted by atomic mass is 9.68. The van der Waals surface area contributed by atoms with Crippen molar-refractivity contribution in [2.24, 2.45) is 5.41 Å². The second-order valence-electron chi connectivity index (χ2n) is 3.95. The van der Waals surface area contributed by atoms with Crippen LogP contribution in [0.15, 0.2) is 0 Å². The van der Waals surface area contributed by atoms with E-state index in [2.05, 4.69) is 0 Å². The molecule has 1 aliphatic heterocycles. The van der Waals surface area contributed by atoms with E-state index in [1.807, 2.05) is 0 Å². The van der Waals surface area contributed by atoms with Crippen LogP contribution in [0.25, 0.3) is 0 Å². The molecule has 1 spiro atoms. The molecule has 2 nitrogen and oxygen atoms in total. The van der Waals surface area contributed by atoms with Crippen molar-refractivity contribution >= 4 is 0 Å². The molecule has 1 unspecified atom stereocenters. The van der Waals surface area contributed by atoms with Gasteiger partial charge >= 0.3 is 0 Å². The van der Waals surface area contributed by atoms with E-state index in [-0.39, 0.29) is 0 Å².